The summed E-state index contributed by atoms with van der Waals surface area (Å²) >= 11 is 1.31. The number of carbonyl (C=O) groups is 1. The van der Waals surface area contributed by atoms with E-state index in [-0.39, 0.29) is 23.5 Å². The number of nitrogens with one attached hydrogen (secondary N) is 1. The highest BCUT2D eigenvalue weighted by Gasteiger charge is 2.24. The van der Waals surface area contributed by atoms with Crippen LogP contribution in [0.5, 0.6) is 5.75 Å². The number of aromatic nitrogens is 3. The minimum Gasteiger partial charge on any atom is -0.497 e. The third kappa shape index (κ3) is 4.12. The van der Waals surface area contributed by atoms with Crippen LogP contribution in [0.4, 0.5) is 4.39 Å². The maximum atomic E-state index is 13.6. The second-order valence-corrected chi connectivity index (χ2v) is 7.80. The zero-order valence-corrected chi connectivity index (χ0v) is 17.0. The molecule has 0 fully saturated rings. The second kappa shape index (κ2) is 8.24. The largest absolute Gasteiger partial charge is 0.497 e. The lowest BCUT2D eigenvalue weighted by atomic mass is 10.1. The zero-order valence-electron chi connectivity index (χ0n) is 16.2. The molecule has 0 radical (unpaired) electrons. The van der Waals surface area contributed by atoms with E-state index in [4.69, 9.17) is 4.74 Å². The van der Waals surface area contributed by atoms with Gasteiger partial charge in [-0.2, -0.15) is 0 Å². The summed E-state index contributed by atoms with van der Waals surface area (Å²) in [7, 11) is 1.62. The van der Waals surface area contributed by atoms with Crippen LogP contribution in [0, 0.1) is 12.7 Å². The number of amides is 1. The van der Waals surface area contributed by atoms with Crippen LogP contribution in [-0.2, 0) is 11.2 Å². The maximum absolute atomic E-state index is 13.6. The second-order valence-electron chi connectivity index (χ2n) is 6.86. The molecular weight excluding hydrogens is 391 g/mol. The van der Waals surface area contributed by atoms with Gasteiger partial charge in [0.15, 0.2) is 5.16 Å². The summed E-state index contributed by atoms with van der Waals surface area (Å²) in [6.45, 7) is 1.86. The first-order chi connectivity index (χ1) is 14.0. The van der Waals surface area contributed by atoms with Gasteiger partial charge >= 0.3 is 0 Å². The van der Waals surface area contributed by atoms with Crippen molar-refractivity contribution in [2.45, 2.75) is 31.0 Å². The van der Waals surface area contributed by atoms with Crippen molar-refractivity contribution in [1.29, 1.82) is 0 Å². The Hall–Kier alpha value is -2.87. The van der Waals surface area contributed by atoms with Crippen molar-refractivity contribution in [3.05, 3.63) is 65.2 Å². The topological polar surface area (TPSA) is 69.0 Å². The van der Waals surface area contributed by atoms with Gasteiger partial charge in [-0.1, -0.05) is 23.9 Å². The summed E-state index contributed by atoms with van der Waals surface area (Å²) in [6, 6.07) is 12.2. The number of methoxy groups -OCH3 is 1. The van der Waals surface area contributed by atoms with Gasteiger partial charge < -0.3 is 10.1 Å². The number of benzene rings is 2. The molecular formula is C21H21FN4O2S. The fourth-order valence-corrected chi connectivity index (χ4v) is 4.38. The van der Waals surface area contributed by atoms with Crippen LogP contribution in [0.25, 0.3) is 5.69 Å². The van der Waals surface area contributed by atoms with Gasteiger partial charge in [-0.25, -0.2) is 4.39 Å². The van der Waals surface area contributed by atoms with Crippen LogP contribution >= 0.6 is 11.8 Å². The normalized spacial score (nSPS) is 15.2. The van der Waals surface area contributed by atoms with Gasteiger partial charge in [0, 0.05) is 6.07 Å². The van der Waals surface area contributed by atoms with Crippen LogP contribution in [0.15, 0.2) is 47.6 Å². The van der Waals surface area contributed by atoms with Crippen molar-refractivity contribution in [3.63, 3.8) is 0 Å². The molecule has 1 N–H and O–H groups in total. The molecule has 0 saturated carbocycles. The Kier molecular flexibility index (Phi) is 5.53. The fourth-order valence-electron chi connectivity index (χ4n) is 3.57. The standard InChI is InChI=1S/C21H21FN4O2S/c1-13-24-25-21(26(13)16-4-3-5-17(11-16)28-2)29-12-20(27)23-19-9-7-14-6-8-15(22)10-18(14)19/h3-6,8,10-11,19H,7,9,12H2,1-2H3,(H,23,27). The first-order valence-electron chi connectivity index (χ1n) is 9.32. The van der Waals surface area contributed by atoms with Gasteiger partial charge in [0.2, 0.25) is 5.91 Å². The number of hydrogen-bond acceptors (Lipinski definition) is 5. The molecule has 29 heavy (non-hydrogen) atoms. The van der Waals surface area contributed by atoms with Gasteiger partial charge in [-0.15, -0.1) is 10.2 Å². The Balaban J connectivity index is 1.44. The van der Waals surface area contributed by atoms with Crippen LogP contribution in [0.3, 0.4) is 0 Å². The zero-order chi connectivity index (χ0) is 20.4. The van der Waals surface area contributed by atoms with E-state index >= 15 is 0 Å². The number of nitrogens with zero attached hydrogens (tertiary/aromatic N) is 3. The predicted molar refractivity (Wildman–Crippen MR) is 109 cm³/mol. The summed E-state index contributed by atoms with van der Waals surface area (Å²) in [5, 5.41) is 12.0. The molecule has 6 nitrogen and oxygen atoms in total. The quantitative estimate of drug-likeness (QED) is 0.627. The maximum Gasteiger partial charge on any atom is 0.230 e. The SMILES string of the molecule is COc1cccc(-n2c(C)nnc2SCC(=O)NC2CCc3ccc(F)cc32)c1. The minimum absolute atomic E-state index is 0.116. The highest BCUT2D eigenvalue weighted by Crippen LogP contribution is 2.32. The summed E-state index contributed by atoms with van der Waals surface area (Å²) in [5.41, 5.74) is 2.84. The lowest BCUT2D eigenvalue weighted by Gasteiger charge is -2.14. The highest BCUT2D eigenvalue weighted by atomic mass is 32.2. The molecule has 0 bridgehead atoms. The van der Waals surface area contributed by atoms with Crippen molar-refractivity contribution >= 4 is 17.7 Å². The summed E-state index contributed by atoms with van der Waals surface area (Å²) in [4.78, 5) is 12.5. The lowest BCUT2D eigenvalue weighted by molar-refractivity contribution is -0.119. The van der Waals surface area contributed by atoms with E-state index in [1.165, 1.54) is 23.9 Å². The molecule has 1 amide bonds. The Morgan fingerprint density at radius 2 is 2.17 bits per heavy atom. The predicted octanol–water partition coefficient (Wildman–Crippen LogP) is 3.62. The van der Waals surface area contributed by atoms with E-state index in [1.807, 2.05) is 35.8 Å². The van der Waals surface area contributed by atoms with E-state index in [0.29, 0.717) is 5.16 Å². The molecule has 1 heterocycles. The summed E-state index contributed by atoms with van der Waals surface area (Å²) < 4.78 is 20.7. The molecule has 0 spiro atoms. The number of halogens is 1. The molecule has 3 aromatic rings. The van der Waals surface area contributed by atoms with Gasteiger partial charge in [0.05, 0.1) is 24.6 Å². The van der Waals surface area contributed by atoms with Crippen molar-refractivity contribution < 1.29 is 13.9 Å². The number of aryl methyl sites for hydroxylation is 2. The summed E-state index contributed by atoms with van der Waals surface area (Å²) in [6.07, 6.45) is 1.63. The average Bonchev–Trinajstić information content (AvgIpc) is 3.29. The van der Waals surface area contributed by atoms with Crippen LogP contribution < -0.4 is 10.1 Å². The Morgan fingerprint density at radius 3 is 3.00 bits per heavy atom. The van der Waals surface area contributed by atoms with Gasteiger partial charge in [-0.05, 0) is 55.2 Å². The number of thioether (sulfide) groups is 1. The van der Waals surface area contributed by atoms with E-state index in [2.05, 4.69) is 15.5 Å². The lowest BCUT2D eigenvalue weighted by Crippen LogP contribution is -2.28. The van der Waals surface area contributed by atoms with Gasteiger partial charge in [0.1, 0.15) is 17.4 Å². The highest BCUT2D eigenvalue weighted by molar-refractivity contribution is 7.99. The van der Waals surface area contributed by atoms with E-state index < -0.39 is 0 Å². The van der Waals surface area contributed by atoms with Crippen molar-refractivity contribution in [3.8, 4) is 11.4 Å². The summed E-state index contributed by atoms with van der Waals surface area (Å²) in [5.74, 6) is 1.26. The molecule has 0 saturated heterocycles. The third-order valence-electron chi connectivity index (χ3n) is 4.96. The van der Waals surface area contributed by atoms with Crippen LogP contribution in [0.2, 0.25) is 0 Å². The smallest absolute Gasteiger partial charge is 0.230 e. The first kappa shape index (κ1) is 19.4. The third-order valence-corrected chi connectivity index (χ3v) is 5.89. The van der Waals surface area contributed by atoms with Crippen LogP contribution in [0.1, 0.15) is 29.4 Å². The molecule has 1 aliphatic carbocycles. The van der Waals surface area contributed by atoms with E-state index in [0.717, 1.165) is 41.2 Å². The van der Waals surface area contributed by atoms with E-state index in [1.54, 1.807) is 13.2 Å². The van der Waals surface area contributed by atoms with E-state index in [9.17, 15) is 9.18 Å². The number of fused-ring (bicyclic) bond motifs is 1. The molecule has 4 rings (SSSR count). The Morgan fingerprint density at radius 1 is 1.31 bits per heavy atom. The molecule has 1 aliphatic rings. The average molecular weight is 412 g/mol. The number of ether oxygens (including phenoxy) is 1. The minimum atomic E-state index is -0.277. The number of rotatable bonds is 6. The molecule has 1 atom stereocenters. The molecule has 0 aliphatic heterocycles. The molecule has 150 valence electrons. The van der Waals surface area contributed by atoms with Gasteiger partial charge in [-0.3, -0.25) is 9.36 Å². The molecule has 2 aromatic carbocycles. The molecule has 1 unspecified atom stereocenters. The van der Waals surface area contributed by atoms with Crippen molar-refractivity contribution in [1.82, 2.24) is 20.1 Å². The van der Waals surface area contributed by atoms with Gasteiger partial charge in [0.25, 0.3) is 0 Å². The Bertz CT molecular complexity index is 1050. The van der Waals surface area contributed by atoms with Crippen molar-refractivity contribution in [2.24, 2.45) is 0 Å². The Labute approximate surface area is 172 Å². The molecule has 1 aromatic heterocycles. The van der Waals surface area contributed by atoms with Crippen LogP contribution in [-0.4, -0.2) is 33.5 Å². The van der Waals surface area contributed by atoms with Crippen molar-refractivity contribution in [2.75, 3.05) is 12.9 Å². The number of hydrogen-bond donors (Lipinski definition) is 1. The first-order valence-corrected chi connectivity index (χ1v) is 10.3. The fraction of sp³-hybridized carbons (Fsp3) is 0.286. The number of carbonyl (C=O) groups excluding carboxylic acids is 1. The monoisotopic (exact) mass is 412 g/mol. The molecule has 8 heteroatoms.